The lowest BCUT2D eigenvalue weighted by Crippen LogP contribution is -2.28. The van der Waals surface area contributed by atoms with Gasteiger partial charge in [-0.15, -0.1) is 0 Å². The maximum absolute atomic E-state index is 11.9. The minimum Gasteiger partial charge on any atom is -0.483 e. The quantitative estimate of drug-likeness (QED) is 0.712. The monoisotopic (exact) mass is 389 g/mol. The zero-order chi connectivity index (χ0) is 17.4. The number of amides is 1. The van der Waals surface area contributed by atoms with Gasteiger partial charge in [-0.1, -0.05) is 46.3 Å². The summed E-state index contributed by atoms with van der Waals surface area (Å²) < 4.78 is 6.28. The normalized spacial score (nSPS) is 10.5. The molecule has 124 valence electrons. The molecule has 2 aromatic carbocycles. The highest BCUT2D eigenvalue weighted by molar-refractivity contribution is 9.10. The molecular formula is C18H16BrNO4. The van der Waals surface area contributed by atoms with Crippen molar-refractivity contribution in [2.75, 3.05) is 6.61 Å². The first-order valence-corrected chi connectivity index (χ1v) is 7.98. The van der Waals surface area contributed by atoms with E-state index in [1.807, 2.05) is 30.3 Å². The van der Waals surface area contributed by atoms with Gasteiger partial charge in [0, 0.05) is 22.7 Å². The molecule has 0 aliphatic rings. The van der Waals surface area contributed by atoms with Gasteiger partial charge in [0.1, 0.15) is 5.75 Å². The summed E-state index contributed by atoms with van der Waals surface area (Å²) in [6, 6.07) is 14.7. The van der Waals surface area contributed by atoms with Gasteiger partial charge in [0.25, 0.3) is 5.91 Å². The third-order valence-electron chi connectivity index (χ3n) is 3.07. The van der Waals surface area contributed by atoms with E-state index in [2.05, 4.69) is 21.2 Å². The molecule has 0 spiro atoms. The fourth-order valence-electron chi connectivity index (χ4n) is 1.93. The highest BCUT2D eigenvalue weighted by atomic mass is 79.9. The number of ether oxygens (including phenoxy) is 1. The maximum Gasteiger partial charge on any atom is 0.328 e. The van der Waals surface area contributed by atoms with Crippen molar-refractivity contribution in [3.63, 3.8) is 0 Å². The van der Waals surface area contributed by atoms with E-state index in [1.54, 1.807) is 18.2 Å². The van der Waals surface area contributed by atoms with Crippen molar-refractivity contribution in [2.45, 2.75) is 6.54 Å². The first-order chi connectivity index (χ1) is 11.5. The average molecular weight is 390 g/mol. The van der Waals surface area contributed by atoms with Crippen LogP contribution >= 0.6 is 15.9 Å². The molecule has 2 N–H and O–H groups in total. The van der Waals surface area contributed by atoms with Crippen LogP contribution in [0.15, 0.2) is 59.1 Å². The lowest BCUT2D eigenvalue weighted by molar-refractivity contribution is -0.131. The molecule has 0 fully saturated rings. The number of benzene rings is 2. The Morgan fingerprint density at radius 2 is 1.92 bits per heavy atom. The molecule has 1 amide bonds. The summed E-state index contributed by atoms with van der Waals surface area (Å²) in [5.74, 6) is -0.873. The van der Waals surface area contributed by atoms with Crippen LogP contribution in [0, 0.1) is 0 Å². The Morgan fingerprint density at radius 3 is 2.62 bits per heavy atom. The van der Waals surface area contributed by atoms with Crippen molar-refractivity contribution in [3.8, 4) is 5.75 Å². The number of hydrogen-bond acceptors (Lipinski definition) is 3. The van der Waals surface area contributed by atoms with Crippen LogP contribution in [0.3, 0.4) is 0 Å². The van der Waals surface area contributed by atoms with E-state index in [-0.39, 0.29) is 12.5 Å². The minimum atomic E-state index is -1.05. The molecule has 0 atom stereocenters. The van der Waals surface area contributed by atoms with Crippen LogP contribution in [0.25, 0.3) is 6.08 Å². The first kappa shape index (κ1) is 17.7. The molecule has 0 aliphatic heterocycles. The van der Waals surface area contributed by atoms with Gasteiger partial charge in [0.05, 0.1) is 0 Å². The molecule has 0 aliphatic carbocycles. The molecular weight excluding hydrogens is 374 g/mol. The summed E-state index contributed by atoms with van der Waals surface area (Å²) in [4.78, 5) is 22.5. The van der Waals surface area contributed by atoms with Crippen LogP contribution in [-0.2, 0) is 16.1 Å². The van der Waals surface area contributed by atoms with E-state index in [1.165, 1.54) is 6.08 Å². The fourth-order valence-corrected chi connectivity index (χ4v) is 2.31. The highest BCUT2D eigenvalue weighted by Crippen LogP contribution is 2.24. The number of carbonyl (C=O) groups excluding carboxylic acids is 1. The summed E-state index contributed by atoms with van der Waals surface area (Å²) in [6.45, 7) is 0.275. The van der Waals surface area contributed by atoms with Crippen LogP contribution in [0.1, 0.15) is 11.1 Å². The SMILES string of the molecule is O=C(O)/C=C/c1cc(Br)ccc1OCC(=O)NCc1ccccc1. The second-order valence-corrected chi connectivity index (χ2v) is 5.82. The highest BCUT2D eigenvalue weighted by Gasteiger charge is 2.07. The van der Waals surface area contributed by atoms with Crippen LogP contribution in [0.5, 0.6) is 5.75 Å². The topological polar surface area (TPSA) is 75.6 Å². The van der Waals surface area contributed by atoms with Crippen LogP contribution in [0.4, 0.5) is 0 Å². The van der Waals surface area contributed by atoms with Gasteiger partial charge in [0.2, 0.25) is 0 Å². The molecule has 0 saturated carbocycles. The average Bonchev–Trinajstić information content (AvgIpc) is 2.58. The predicted molar refractivity (Wildman–Crippen MR) is 94.6 cm³/mol. The van der Waals surface area contributed by atoms with Crippen LogP contribution < -0.4 is 10.1 Å². The van der Waals surface area contributed by atoms with E-state index in [0.29, 0.717) is 17.9 Å². The Bertz CT molecular complexity index is 744. The Balaban J connectivity index is 1.93. The van der Waals surface area contributed by atoms with Gasteiger partial charge >= 0.3 is 5.97 Å². The zero-order valence-corrected chi connectivity index (χ0v) is 14.3. The summed E-state index contributed by atoms with van der Waals surface area (Å²) in [6.07, 6.45) is 2.44. The Labute approximate surface area is 148 Å². The van der Waals surface area contributed by atoms with E-state index >= 15 is 0 Å². The number of carboxylic acids is 1. The second kappa shape index (κ2) is 8.88. The van der Waals surface area contributed by atoms with E-state index in [9.17, 15) is 9.59 Å². The van der Waals surface area contributed by atoms with Crippen LogP contribution in [0.2, 0.25) is 0 Å². The zero-order valence-electron chi connectivity index (χ0n) is 12.7. The largest absolute Gasteiger partial charge is 0.483 e. The summed E-state index contributed by atoms with van der Waals surface area (Å²) in [5.41, 5.74) is 1.57. The van der Waals surface area contributed by atoms with Crippen molar-refractivity contribution < 1.29 is 19.4 Å². The van der Waals surface area contributed by atoms with Crippen LogP contribution in [-0.4, -0.2) is 23.6 Å². The molecule has 0 radical (unpaired) electrons. The smallest absolute Gasteiger partial charge is 0.328 e. The van der Waals surface area contributed by atoms with Crippen molar-refractivity contribution in [2.24, 2.45) is 0 Å². The van der Waals surface area contributed by atoms with Gasteiger partial charge in [-0.2, -0.15) is 0 Å². The molecule has 2 aromatic rings. The summed E-state index contributed by atoms with van der Waals surface area (Å²) in [5, 5.41) is 11.5. The lowest BCUT2D eigenvalue weighted by Gasteiger charge is -2.10. The molecule has 0 aromatic heterocycles. The second-order valence-electron chi connectivity index (χ2n) is 4.90. The Morgan fingerprint density at radius 1 is 1.17 bits per heavy atom. The molecule has 0 unspecified atom stereocenters. The molecule has 6 heteroatoms. The number of carboxylic acid groups (broad SMARTS) is 1. The van der Waals surface area contributed by atoms with E-state index in [4.69, 9.17) is 9.84 Å². The van der Waals surface area contributed by atoms with Gasteiger partial charge in [-0.3, -0.25) is 4.79 Å². The first-order valence-electron chi connectivity index (χ1n) is 7.18. The van der Waals surface area contributed by atoms with Gasteiger partial charge in [-0.05, 0) is 29.8 Å². The predicted octanol–water partition coefficient (Wildman–Crippen LogP) is 3.24. The third kappa shape index (κ3) is 5.89. The lowest BCUT2D eigenvalue weighted by atomic mass is 10.2. The third-order valence-corrected chi connectivity index (χ3v) is 3.56. The Hall–Kier alpha value is -2.60. The van der Waals surface area contributed by atoms with Crippen molar-refractivity contribution in [1.29, 1.82) is 0 Å². The molecule has 0 saturated heterocycles. The van der Waals surface area contributed by atoms with E-state index < -0.39 is 5.97 Å². The maximum atomic E-state index is 11.9. The number of carbonyl (C=O) groups is 2. The number of halogens is 1. The van der Waals surface area contributed by atoms with Crippen molar-refractivity contribution in [3.05, 3.63) is 70.2 Å². The molecule has 0 heterocycles. The molecule has 5 nitrogen and oxygen atoms in total. The van der Waals surface area contributed by atoms with Crippen molar-refractivity contribution >= 4 is 33.9 Å². The minimum absolute atomic E-state index is 0.150. The standard InChI is InChI=1S/C18H16BrNO4/c19-15-7-8-16(14(10-15)6-9-18(22)23)24-12-17(21)20-11-13-4-2-1-3-5-13/h1-10H,11-12H2,(H,20,21)(H,22,23)/b9-6+. The van der Waals surface area contributed by atoms with Gasteiger partial charge in [0.15, 0.2) is 6.61 Å². The number of nitrogens with one attached hydrogen (secondary N) is 1. The number of rotatable bonds is 7. The number of aliphatic carboxylic acids is 1. The molecule has 24 heavy (non-hydrogen) atoms. The van der Waals surface area contributed by atoms with Gasteiger partial charge in [-0.25, -0.2) is 4.79 Å². The fraction of sp³-hybridized carbons (Fsp3) is 0.111. The van der Waals surface area contributed by atoms with Gasteiger partial charge < -0.3 is 15.2 Å². The summed E-state index contributed by atoms with van der Waals surface area (Å²) in [7, 11) is 0. The number of hydrogen-bond donors (Lipinski definition) is 2. The summed E-state index contributed by atoms with van der Waals surface area (Å²) >= 11 is 3.32. The molecule has 2 rings (SSSR count). The molecule has 0 bridgehead atoms. The van der Waals surface area contributed by atoms with E-state index in [0.717, 1.165) is 16.1 Å². The van der Waals surface area contributed by atoms with Crippen molar-refractivity contribution in [1.82, 2.24) is 5.32 Å². The Kier molecular flexibility index (Phi) is 6.57.